The van der Waals surface area contributed by atoms with Gasteiger partial charge in [-0.15, -0.1) is 6.58 Å². The van der Waals surface area contributed by atoms with Crippen molar-refractivity contribution in [2.45, 2.75) is 77.6 Å². The van der Waals surface area contributed by atoms with Gasteiger partial charge in [0.25, 0.3) is 0 Å². The summed E-state index contributed by atoms with van der Waals surface area (Å²) in [6.45, 7) is 17.1. The molecule has 120 valence electrons. The molecule has 5 nitrogen and oxygen atoms in total. The van der Waals surface area contributed by atoms with Crippen LogP contribution in [0.5, 0.6) is 0 Å². The highest BCUT2D eigenvalue weighted by Crippen LogP contribution is 2.37. The van der Waals surface area contributed by atoms with E-state index >= 15 is 0 Å². The van der Waals surface area contributed by atoms with Crippen LogP contribution >= 0.6 is 0 Å². The minimum Gasteiger partial charge on any atom is -0.444 e. The zero-order valence-corrected chi connectivity index (χ0v) is 14.3. The van der Waals surface area contributed by atoms with Gasteiger partial charge in [0.1, 0.15) is 5.60 Å². The lowest BCUT2D eigenvalue weighted by molar-refractivity contribution is 0.00578. The monoisotopic (exact) mass is 297 g/mol. The average molecular weight is 297 g/mol. The summed E-state index contributed by atoms with van der Waals surface area (Å²) >= 11 is 0. The van der Waals surface area contributed by atoms with Crippen LogP contribution in [0, 0.1) is 0 Å². The maximum absolute atomic E-state index is 11.9. The van der Waals surface area contributed by atoms with E-state index in [2.05, 4.69) is 11.9 Å². The van der Waals surface area contributed by atoms with E-state index in [0.717, 1.165) is 0 Å². The van der Waals surface area contributed by atoms with E-state index in [0.29, 0.717) is 6.42 Å². The molecule has 0 radical (unpaired) electrons. The molecule has 0 saturated carbocycles. The molecule has 1 aliphatic rings. The number of alkyl carbamates (subject to hydrolysis) is 1. The van der Waals surface area contributed by atoms with Gasteiger partial charge in [-0.3, -0.25) is 0 Å². The number of rotatable bonds is 4. The van der Waals surface area contributed by atoms with Crippen molar-refractivity contribution in [3.63, 3.8) is 0 Å². The van der Waals surface area contributed by atoms with Gasteiger partial charge >= 0.3 is 13.2 Å². The van der Waals surface area contributed by atoms with Crippen LogP contribution in [0.4, 0.5) is 4.79 Å². The van der Waals surface area contributed by atoms with Crippen molar-refractivity contribution in [1.82, 2.24) is 5.32 Å². The number of nitrogens with one attached hydrogen (secondary N) is 1. The summed E-state index contributed by atoms with van der Waals surface area (Å²) in [5.74, 6) is -0.335. The Kier molecular flexibility index (Phi) is 5.16. The van der Waals surface area contributed by atoms with Crippen LogP contribution in [0.15, 0.2) is 12.7 Å². The molecule has 1 fully saturated rings. The fourth-order valence-electron chi connectivity index (χ4n) is 1.93. The SMILES string of the molecule is C=CCC(NC(=O)OC(C)(C)C)B1OC(C)(C)C(C)(C)O1. The van der Waals surface area contributed by atoms with E-state index in [1.807, 2.05) is 48.5 Å². The predicted octanol–water partition coefficient (Wildman–Crippen LogP) is 3.09. The highest BCUT2D eigenvalue weighted by molar-refractivity contribution is 6.48. The predicted molar refractivity (Wildman–Crippen MR) is 84.1 cm³/mol. The molecular weight excluding hydrogens is 269 g/mol. The Morgan fingerprint density at radius 1 is 1.29 bits per heavy atom. The molecule has 6 heteroatoms. The minimum atomic E-state index is -0.543. The number of hydrogen-bond donors (Lipinski definition) is 1. The van der Waals surface area contributed by atoms with Crippen LogP contribution in [-0.2, 0) is 14.0 Å². The summed E-state index contributed by atoms with van der Waals surface area (Å²) in [6, 6.07) is 0. The van der Waals surface area contributed by atoms with Gasteiger partial charge in [0.2, 0.25) is 0 Å². The highest BCUT2D eigenvalue weighted by atomic mass is 16.7. The topological polar surface area (TPSA) is 56.8 Å². The van der Waals surface area contributed by atoms with Crippen LogP contribution in [0.1, 0.15) is 54.9 Å². The molecule has 1 amide bonds. The molecule has 1 unspecified atom stereocenters. The van der Waals surface area contributed by atoms with Gasteiger partial charge in [0.05, 0.1) is 17.1 Å². The van der Waals surface area contributed by atoms with Gasteiger partial charge in [0.15, 0.2) is 0 Å². The normalized spacial score (nSPS) is 21.8. The largest absolute Gasteiger partial charge is 0.482 e. The molecule has 0 aromatic heterocycles. The molecule has 1 aliphatic heterocycles. The van der Waals surface area contributed by atoms with Crippen LogP contribution in [0.3, 0.4) is 0 Å². The molecule has 21 heavy (non-hydrogen) atoms. The number of ether oxygens (including phenoxy) is 1. The number of amides is 1. The second kappa shape index (κ2) is 6.01. The zero-order valence-electron chi connectivity index (χ0n) is 14.3. The van der Waals surface area contributed by atoms with Crippen LogP contribution in [-0.4, -0.2) is 36.0 Å². The third-order valence-corrected chi connectivity index (χ3v) is 3.72. The molecule has 0 bridgehead atoms. The van der Waals surface area contributed by atoms with E-state index in [-0.39, 0.29) is 5.94 Å². The Morgan fingerprint density at radius 2 is 1.76 bits per heavy atom. The van der Waals surface area contributed by atoms with Gasteiger partial charge in [-0.25, -0.2) is 4.79 Å². The molecule has 0 aromatic rings. The molecular formula is C15H28BNO4. The van der Waals surface area contributed by atoms with E-state index in [9.17, 15) is 4.79 Å². The lowest BCUT2D eigenvalue weighted by Crippen LogP contribution is -2.49. The van der Waals surface area contributed by atoms with Crippen molar-refractivity contribution in [1.29, 1.82) is 0 Å². The molecule has 0 spiro atoms. The first-order valence-corrected chi connectivity index (χ1v) is 7.34. The van der Waals surface area contributed by atoms with Crippen molar-refractivity contribution >= 4 is 13.2 Å². The number of carbonyl (C=O) groups excluding carboxylic acids is 1. The van der Waals surface area contributed by atoms with Crippen molar-refractivity contribution in [2.75, 3.05) is 0 Å². The Bertz CT molecular complexity index is 385. The van der Waals surface area contributed by atoms with Gasteiger partial charge < -0.3 is 19.4 Å². The van der Waals surface area contributed by atoms with Gasteiger partial charge in [-0.05, 0) is 54.9 Å². The first kappa shape index (κ1) is 18.0. The van der Waals surface area contributed by atoms with Crippen molar-refractivity contribution in [2.24, 2.45) is 0 Å². The van der Waals surface area contributed by atoms with E-state index in [4.69, 9.17) is 14.0 Å². The Balaban J connectivity index is 2.75. The average Bonchev–Trinajstić information content (AvgIpc) is 2.44. The third-order valence-electron chi connectivity index (χ3n) is 3.72. The molecule has 1 heterocycles. The Hall–Kier alpha value is -1.01. The molecule has 1 saturated heterocycles. The summed E-state index contributed by atoms with van der Waals surface area (Å²) in [7, 11) is -0.527. The number of carbonyl (C=O) groups is 1. The lowest BCUT2D eigenvalue weighted by Gasteiger charge is -2.32. The highest BCUT2D eigenvalue weighted by Gasteiger charge is 2.54. The quantitative estimate of drug-likeness (QED) is 0.640. The van der Waals surface area contributed by atoms with E-state index in [1.54, 1.807) is 6.08 Å². The Morgan fingerprint density at radius 3 is 2.14 bits per heavy atom. The lowest BCUT2D eigenvalue weighted by atomic mass is 9.76. The van der Waals surface area contributed by atoms with Gasteiger partial charge in [0, 0.05) is 0 Å². The Labute approximate surface area is 128 Å². The van der Waals surface area contributed by atoms with Crippen LogP contribution in [0.25, 0.3) is 0 Å². The molecule has 1 atom stereocenters. The van der Waals surface area contributed by atoms with Crippen LogP contribution in [0.2, 0.25) is 0 Å². The molecule has 0 aliphatic carbocycles. The molecule has 1 N–H and O–H groups in total. The summed E-state index contributed by atoms with van der Waals surface area (Å²) in [6.07, 6.45) is 1.78. The summed E-state index contributed by atoms with van der Waals surface area (Å²) in [5, 5.41) is 2.81. The van der Waals surface area contributed by atoms with Crippen molar-refractivity contribution in [3.05, 3.63) is 12.7 Å². The van der Waals surface area contributed by atoms with Crippen LogP contribution < -0.4 is 5.32 Å². The number of hydrogen-bond acceptors (Lipinski definition) is 4. The van der Waals surface area contributed by atoms with E-state index < -0.39 is 30.0 Å². The second-order valence-corrected chi connectivity index (χ2v) is 7.40. The summed E-state index contributed by atoms with van der Waals surface area (Å²) in [5.41, 5.74) is -1.42. The standard InChI is InChI=1S/C15H28BNO4/c1-9-10-11(17-12(18)19-13(2,3)4)16-20-14(5,6)15(7,8)21-16/h9,11H,1,10H2,2-8H3,(H,17,18). The van der Waals surface area contributed by atoms with Crippen molar-refractivity contribution in [3.8, 4) is 0 Å². The molecule has 0 aromatic carbocycles. The third kappa shape index (κ3) is 4.75. The second-order valence-electron chi connectivity index (χ2n) is 7.40. The molecule has 1 rings (SSSR count). The minimum absolute atomic E-state index is 0.335. The first-order chi connectivity index (χ1) is 9.38. The zero-order chi connectivity index (χ0) is 16.5. The van der Waals surface area contributed by atoms with E-state index in [1.165, 1.54) is 0 Å². The van der Waals surface area contributed by atoms with Gasteiger partial charge in [-0.2, -0.15) is 0 Å². The van der Waals surface area contributed by atoms with Crippen molar-refractivity contribution < 1.29 is 18.8 Å². The summed E-state index contributed by atoms with van der Waals surface area (Å²) in [4.78, 5) is 11.9. The fourth-order valence-corrected chi connectivity index (χ4v) is 1.93. The summed E-state index contributed by atoms with van der Waals surface area (Å²) < 4.78 is 17.2. The maximum atomic E-state index is 11.9. The smallest absolute Gasteiger partial charge is 0.444 e. The first-order valence-electron chi connectivity index (χ1n) is 7.34. The van der Waals surface area contributed by atoms with Gasteiger partial charge in [-0.1, -0.05) is 6.08 Å². The maximum Gasteiger partial charge on any atom is 0.482 e. The fraction of sp³-hybridized carbons (Fsp3) is 0.800.